The first kappa shape index (κ1) is 11.2. The summed E-state index contributed by atoms with van der Waals surface area (Å²) in [4.78, 5) is 11.0. The Hall–Kier alpha value is -0.890. The van der Waals surface area contributed by atoms with Gasteiger partial charge in [-0.15, -0.1) is 0 Å². The van der Waals surface area contributed by atoms with E-state index in [2.05, 4.69) is 0 Å². The summed E-state index contributed by atoms with van der Waals surface area (Å²) in [5.41, 5.74) is -0.522. The maximum atomic E-state index is 13.5. The van der Waals surface area contributed by atoms with Crippen molar-refractivity contribution in [1.29, 1.82) is 0 Å². The summed E-state index contributed by atoms with van der Waals surface area (Å²) >= 11 is 5.84. The SMILES string of the molecule is CC(=O)c1ccc(C(C)(C)F)cc1Cl. The molecule has 0 radical (unpaired) electrons. The second kappa shape index (κ2) is 3.70. The van der Waals surface area contributed by atoms with Gasteiger partial charge in [-0.25, -0.2) is 4.39 Å². The van der Waals surface area contributed by atoms with Crippen LogP contribution in [0.2, 0.25) is 5.02 Å². The summed E-state index contributed by atoms with van der Waals surface area (Å²) in [6.45, 7) is 4.33. The molecule has 0 aliphatic carbocycles. The molecular weight excluding hydrogens is 203 g/mol. The fraction of sp³-hybridized carbons (Fsp3) is 0.364. The monoisotopic (exact) mass is 214 g/mol. The summed E-state index contributed by atoms with van der Waals surface area (Å²) in [6, 6.07) is 4.64. The largest absolute Gasteiger partial charge is 0.294 e. The number of carbonyl (C=O) groups excluding carboxylic acids is 1. The second-order valence-electron chi connectivity index (χ2n) is 3.72. The van der Waals surface area contributed by atoms with Crippen LogP contribution in [0.1, 0.15) is 36.7 Å². The number of rotatable bonds is 2. The molecule has 14 heavy (non-hydrogen) atoms. The highest BCUT2D eigenvalue weighted by molar-refractivity contribution is 6.33. The Labute approximate surface area is 87.9 Å². The Morgan fingerprint density at radius 3 is 2.36 bits per heavy atom. The van der Waals surface area contributed by atoms with Gasteiger partial charge >= 0.3 is 0 Å². The van der Waals surface area contributed by atoms with E-state index in [4.69, 9.17) is 11.6 Å². The van der Waals surface area contributed by atoms with E-state index < -0.39 is 5.67 Å². The third kappa shape index (κ3) is 2.32. The molecule has 0 aliphatic heterocycles. The number of hydrogen-bond acceptors (Lipinski definition) is 1. The molecule has 3 heteroatoms. The highest BCUT2D eigenvalue weighted by Crippen LogP contribution is 2.28. The topological polar surface area (TPSA) is 17.1 Å². The Morgan fingerprint density at radius 1 is 1.43 bits per heavy atom. The quantitative estimate of drug-likeness (QED) is 0.686. The average Bonchev–Trinajstić information content (AvgIpc) is 2.01. The number of hydrogen-bond donors (Lipinski definition) is 0. The van der Waals surface area contributed by atoms with Gasteiger partial charge in [0.2, 0.25) is 0 Å². The van der Waals surface area contributed by atoms with Crippen molar-refractivity contribution in [2.45, 2.75) is 26.4 Å². The van der Waals surface area contributed by atoms with Crippen molar-refractivity contribution in [2.75, 3.05) is 0 Å². The molecule has 1 nitrogen and oxygen atoms in total. The van der Waals surface area contributed by atoms with Crippen molar-refractivity contribution in [2.24, 2.45) is 0 Å². The van der Waals surface area contributed by atoms with Gasteiger partial charge in [-0.1, -0.05) is 17.7 Å². The summed E-state index contributed by atoms with van der Waals surface area (Å²) in [6.07, 6.45) is 0. The van der Waals surface area contributed by atoms with Gasteiger partial charge in [0.15, 0.2) is 5.78 Å². The first-order chi connectivity index (χ1) is 6.32. The lowest BCUT2D eigenvalue weighted by atomic mass is 9.98. The standard InChI is InChI=1S/C11H12ClFO/c1-7(14)9-5-4-8(6-10(9)12)11(2,3)13/h4-6H,1-3H3. The normalized spacial score (nSPS) is 11.5. The van der Waals surface area contributed by atoms with Crippen molar-refractivity contribution >= 4 is 17.4 Å². The van der Waals surface area contributed by atoms with Crippen LogP contribution in [0.5, 0.6) is 0 Å². The van der Waals surface area contributed by atoms with Crippen molar-refractivity contribution < 1.29 is 9.18 Å². The van der Waals surface area contributed by atoms with Crippen LogP contribution in [0.15, 0.2) is 18.2 Å². The van der Waals surface area contributed by atoms with Crippen LogP contribution >= 0.6 is 11.6 Å². The zero-order valence-electron chi connectivity index (χ0n) is 8.40. The molecule has 0 saturated heterocycles. The number of carbonyl (C=O) groups is 1. The van der Waals surface area contributed by atoms with Gasteiger partial charge in [-0.05, 0) is 38.5 Å². The average molecular weight is 215 g/mol. The Balaban J connectivity index is 3.20. The van der Waals surface area contributed by atoms with Gasteiger partial charge in [0.05, 0.1) is 5.02 Å². The second-order valence-corrected chi connectivity index (χ2v) is 4.13. The Kier molecular flexibility index (Phi) is 2.95. The van der Waals surface area contributed by atoms with E-state index in [0.29, 0.717) is 16.1 Å². The van der Waals surface area contributed by atoms with E-state index in [1.54, 1.807) is 12.1 Å². The maximum absolute atomic E-state index is 13.5. The first-order valence-electron chi connectivity index (χ1n) is 4.32. The number of halogens is 2. The van der Waals surface area contributed by atoms with E-state index in [0.717, 1.165) is 0 Å². The predicted molar refractivity (Wildman–Crippen MR) is 55.6 cm³/mol. The third-order valence-electron chi connectivity index (χ3n) is 2.03. The fourth-order valence-corrected chi connectivity index (χ4v) is 1.48. The van der Waals surface area contributed by atoms with Crippen molar-refractivity contribution in [1.82, 2.24) is 0 Å². The molecule has 0 heterocycles. The number of alkyl halides is 1. The van der Waals surface area contributed by atoms with E-state index in [-0.39, 0.29) is 5.78 Å². The number of Topliss-reactive ketones (excluding diaryl/α,β-unsaturated/α-hetero) is 1. The minimum absolute atomic E-state index is 0.113. The number of ketones is 1. The minimum atomic E-state index is -1.43. The first-order valence-corrected chi connectivity index (χ1v) is 4.70. The molecule has 1 rings (SSSR count). The maximum Gasteiger partial charge on any atom is 0.161 e. The van der Waals surface area contributed by atoms with Gasteiger partial charge in [0.1, 0.15) is 5.67 Å². The van der Waals surface area contributed by atoms with E-state index >= 15 is 0 Å². The predicted octanol–water partition coefficient (Wildman–Crippen LogP) is 3.75. The zero-order valence-corrected chi connectivity index (χ0v) is 9.15. The van der Waals surface area contributed by atoms with E-state index in [9.17, 15) is 9.18 Å². The van der Waals surface area contributed by atoms with Crippen LogP contribution in [0, 0.1) is 0 Å². The van der Waals surface area contributed by atoms with Crippen LogP contribution in [0.3, 0.4) is 0 Å². The summed E-state index contributed by atoms with van der Waals surface area (Å²) in [5, 5.41) is 0.306. The molecule has 0 N–H and O–H groups in total. The molecule has 0 bridgehead atoms. The van der Waals surface area contributed by atoms with Crippen LogP contribution < -0.4 is 0 Å². The molecule has 0 fully saturated rings. The molecule has 76 valence electrons. The Bertz CT molecular complexity index is 366. The fourth-order valence-electron chi connectivity index (χ4n) is 1.17. The van der Waals surface area contributed by atoms with E-state index in [1.807, 2.05) is 0 Å². The highest BCUT2D eigenvalue weighted by Gasteiger charge is 2.20. The zero-order chi connectivity index (χ0) is 10.9. The van der Waals surface area contributed by atoms with Gasteiger partial charge in [0.25, 0.3) is 0 Å². The van der Waals surface area contributed by atoms with Crippen molar-refractivity contribution in [3.05, 3.63) is 34.3 Å². The van der Waals surface area contributed by atoms with Gasteiger partial charge < -0.3 is 0 Å². The molecule has 1 aromatic rings. The molecule has 0 saturated carbocycles. The summed E-state index contributed by atoms with van der Waals surface area (Å²) in [5.74, 6) is -0.113. The van der Waals surface area contributed by atoms with Crippen LogP contribution in [-0.4, -0.2) is 5.78 Å². The molecule has 0 aliphatic rings. The lowest BCUT2D eigenvalue weighted by Crippen LogP contribution is -2.09. The van der Waals surface area contributed by atoms with Gasteiger partial charge in [-0.3, -0.25) is 4.79 Å². The molecule has 0 atom stereocenters. The minimum Gasteiger partial charge on any atom is -0.294 e. The lowest BCUT2D eigenvalue weighted by molar-refractivity contribution is 0.101. The summed E-state index contributed by atoms with van der Waals surface area (Å²) in [7, 11) is 0. The van der Waals surface area contributed by atoms with Crippen LogP contribution in [-0.2, 0) is 5.67 Å². The van der Waals surface area contributed by atoms with Gasteiger partial charge in [-0.2, -0.15) is 0 Å². The molecule has 0 spiro atoms. The van der Waals surface area contributed by atoms with Crippen molar-refractivity contribution in [3.8, 4) is 0 Å². The lowest BCUT2D eigenvalue weighted by Gasteiger charge is -2.15. The van der Waals surface area contributed by atoms with Crippen LogP contribution in [0.25, 0.3) is 0 Å². The summed E-state index contributed by atoms with van der Waals surface area (Å²) < 4.78 is 13.5. The highest BCUT2D eigenvalue weighted by atomic mass is 35.5. The molecular formula is C11H12ClFO. The van der Waals surface area contributed by atoms with Crippen LogP contribution in [0.4, 0.5) is 4.39 Å². The van der Waals surface area contributed by atoms with Gasteiger partial charge in [0, 0.05) is 5.56 Å². The smallest absolute Gasteiger partial charge is 0.161 e. The van der Waals surface area contributed by atoms with E-state index in [1.165, 1.54) is 26.8 Å². The molecule has 0 aromatic heterocycles. The third-order valence-corrected chi connectivity index (χ3v) is 2.35. The molecule has 1 aromatic carbocycles. The number of benzene rings is 1. The molecule has 0 amide bonds. The Morgan fingerprint density at radius 2 is 2.00 bits per heavy atom. The molecule has 0 unspecified atom stereocenters. The van der Waals surface area contributed by atoms with Crippen molar-refractivity contribution in [3.63, 3.8) is 0 Å².